The van der Waals surface area contributed by atoms with Crippen LogP contribution >= 0.6 is 0 Å². The highest BCUT2D eigenvalue weighted by Crippen LogP contribution is 2.25. The molecule has 164 valence electrons. The lowest BCUT2D eigenvalue weighted by Gasteiger charge is -2.29. The van der Waals surface area contributed by atoms with Crippen molar-refractivity contribution in [1.82, 2.24) is 20.6 Å². The number of carbonyl (C=O) groups excluding carboxylic acids is 3. The van der Waals surface area contributed by atoms with Crippen LogP contribution in [0.3, 0.4) is 0 Å². The van der Waals surface area contributed by atoms with Crippen LogP contribution in [0.4, 0.5) is 0 Å². The number of aromatic nitrogens is 2. The van der Waals surface area contributed by atoms with Gasteiger partial charge < -0.3 is 16.4 Å². The van der Waals surface area contributed by atoms with Crippen molar-refractivity contribution in [2.45, 2.75) is 57.0 Å². The van der Waals surface area contributed by atoms with Crippen molar-refractivity contribution in [3.05, 3.63) is 60.2 Å². The fraction of sp³-hybridized carbons (Fsp3) is 0.435. The highest BCUT2D eigenvalue weighted by molar-refractivity contribution is 5.87. The van der Waals surface area contributed by atoms with E-state index in [1.807, 2.05) is 30.3 Å². The first-order valence-corrected chi connectivity index (χ1v) is 10.7. The summed E-state index contributed by atoms with van der Waals surface area (Å²) in [6.45, 7) is 0. The number of primary amides is 1. The Kier molecular flexibility index (Phi) is 8.09. The van der Waals surface area contributed by atoms with E-state index in [4.69, 9.17) is 5.73 Å². The molecule has 0 spiro atoms. The van der Waals surface area contributed by atoms with E-state index in [9.17, 15) is 14.4 Å². The molecule has 1 atom stereocenters. The average Bonchev–Trinajstić information content (AvgIpc) is 2.79. The Morgan fingerprint density at radius 3 is 2.45 bits per heavy atom. The minimum Gasteiger partial charge on any atom is -0.368 e. The summed E-state index contributed by atoms with van der Waals surface area (Å²) in [6, 6.07) is 8.81. The number of amides is 3. The Hall–Kier alpha value is -3.29. The Morgan fingerprint density at radius 1 is 1.06 bits per heavy atom. The van der Waals surface area contributed by atoms with Crippen LogP contribution in [0.1, 0.15) is 43.4 Å². The van der Waals surface area contributed by atoms with Crippen LogP contribution in [0, 0.1) is 5.92 Å². The molecule has 1 heterocycles. The van der Waals surface area contributed by atoms with Crippen molar-refractivity contribution in [1.29, 1.82) is 0 Å². The smallest absolute Gasteiger partial charge is 0.240 e. The van der Waals surface area contributed by atoms with Crippen molar-refractivity contribution < 1.29 is 14.4 Å². The highest BCUT2D eigenvalue weighted by Gasteiger charge is 2.29. The number of hydrogen-bond acceptors (Lipinski definition) is 5. The molecule has 0 bridgehead atoms. The van der Waals surface area contributed by atoms with Gasteiger partial charge >= 0.3 is 0 Å². The normalized spacial score (nSPS) is 19.2. The summed E-state index contributed by atoms with van der Waals surface area (Å²) in [5.74, 6) is -0.881. The molecule has 0 aliphatic heterocycles. The van der Waals surface area contributed by atoms with Gasteiger partial charge in [0.1, 0.15) is 6.04 Å². The van der Waals surface area contributed by atoms with E-state index >= 15 is 0 Å². The number of benzene rings is 1. The first kappa shape index (κ1) is 22.4. The summed E-state index contributed by atoms with van der Waals surface area (Å²) >= 11 is 0. The van der Waals surface area contributed by atoms with Gasteiger partial charge in [-0.3, -0.25) is 24.4 Å². The second kappa shape index (κ2) is 11.2. The topological polar surface area (TPSA) is 127 Å². The van der Waals surface area contributed by atoms with Crippen LogP contribution in [0.25, 0.3) is 0 Å². The minimum atomic E-state index is -0.728. The molecule has 2 aromatic rings. The quantitative estimate of drug-likeness (QED) is 0.560. The lowest BCUT2D eigenvalue weighted by molar-refractivity contribution is -0.130. The summed E-state index contributed by atoms with van der Waals surface area (Å²) < 4.78 is 0. The van der Waals surface area contributed by atoms with Gasteiger partial charge in [0.15, 0.2) is 0 Å². The summed E-state index contributed by atoms with van der Waals surface area (Å²) in [4.78, 5) is 44.9. The van der Waals surface area contributed by atoms with E-state index in [-0.39, 0.29) is 23.8 Å². The zero-order chi connectivity index (χ0) is 22.1. The van der Waals surface area contributed by atoms with Crippen LogP contribution in [-0.4, -0.2) is 39.8 Å². The van der Waals surface area contributed by atoms with E-state index in [1.54, 1.807) is 18.6 Å². The molecule has 3 amide bonds. The van der Waals surface area contributed by atoms with Crippen LogP contribution in [0.2, 0.25) is 0 Å². The van der Waals surface area contributed by atoms with Gasteiger partial charge in [0.2, 0.25) is 17.7 Å². The third kappa shape index (κ3) is 7.16. The molecule has 8 heteroatoms. The molecule has 1 aliphatic rings. The van der Waals surface area contributed by atoms with Crippen LogP contribution in [0.5, 0.6) is 0 Å². The molecule has 0 saturated heterocycles. The Bertz CT molecular complexity index is 867. The van der Waals surface area contributed by atoms with Gasteiger partial charge in [-0.1, -0.05) is 30.3 Å². The SMILES string of the molecule is NC(=O)[C@H](Cc1ccccc1)NC(=O)C1CCC(NC(=O)CCc2cnccn2)CC1. The van der Waals surface area contributed by atoms with Crippen LogP contribution < -0.4 is 16.4 Å². The molecular weight excluding hydrogens is 394 g/mol. The number of nitrogens with two attached hydrogens (primary N) is 1. The number of nitrogens with zero attached hydrogens (tertiary/aromatic N) is 2. The lowest BCUT2D eigenvalue weighted by Crippen LogP contribution is -2.49. The Labute approximate surface area is 182 Å². The molecule has 8 nitrogen and oxygen atoms in total. The first-order chi connectivity index (χ1) is 15.0. The summed E-state index contributed by atoms with van der Waals surface area (Å²) in [6.07, 6.45) is 8.95. The van der Waals surface area contributed by atoms with Gasteiger partial charge in [-0.15, -0.1) is 0 Å². The summed E-state index contributed by atoms with van der Waals surface area (Å²) in [5, 5.41) is 5.86. The number of carbonyl (C=O) groups is 3. The molecule has 0 unspecified atom stereocenters. The van der Waals surface area contributed by atoms with Gasteiger partial charge in [0.05, 0.1) is 5.69 Å². The van der Waals surface area contributed by atoms with Crippen LogP contribution in [0.15, 0.2) is 48.9 Å². The standard InChI is InChI=1S/C23H29N5O3/c24-22(30)20(14-16-4-2-1-3-5-16)28-23(31)17-6-8-18(9-7-17)27-21(29)11-10-19-15-25-12-13-26-19/h1-5,12-13,15,17-18,20H,6-11,14H2,(H2,24,30)(H,27,29)(H,28,31)/t17?,18?,20-/m0/s1. The zero-order valence-corrected chi connectivity index (χ0v) is 17.5. The molecule has 1 aromatic heterocycles. The average molecular weight is 424 g/mol. The predicted octanol–water partition coefficient (Wildman–Crippen LogP) is 1.30. The van der Waals surface area contributed by atoms with E-state index in [0.717, 1.165) is 24.1 Å². The largest absolute Gasteiger partial charge is 0.368 e. The second-order valence-electron chi connectivity index (χ2n) is 7.97. The Balaban J connectivity index is 1.41. The third-order valence-corrected chi connectivity index (χ3v) is 5.63. The van der Waals surface area contributed by atoms with Crippen molar-refractivity contribution in [3.8, 4) is 0 Å². The summed E-state index contributed by atoms with van der Waals surface area (Å²) in [7, 11) is 0. The molecule has 1 fully saturated rings. The maximum atomic E-state index is 12.7. The number of aryl methyl sites for hydroxylation is 1. The van der Waals surface area contributed by atoms with Gasteiger partial charge in [0.25, 0.3) is 0 Å². The van der Waals surface area contributed by atoms with Gasteiger partial charge in [-0.2, -0.15) is 0 Å². The van der Waals surface area contributed by atoms with Gasteiger partial charge in [-0.05, 0) is 37.7 Å². The van der Waals surface area contributed by atoms with Gasteiger partial charge in [-0.25, -0.2) is 0 Å². The molecular formula is C23H29N5O3. The van der Waals surface area contributed by atoms with E-state index in [0.29, 0.717) is 32.1 Å². The highest BCUT2D eigenvalue weighted by atomic mass is 16.2. The molecule has 4 N–H and O–H groups in total. The molecule has 3 rings (SSSR count). The summed E-state index contributed by atoms with van der Waals surface area (Å²) in [5.41, 5.74) is 7.23. The fourth-order valence-corrected chi connectivity index (χ4v) is 3.86. The second-order valence-corrected chi connectivity index (χ2v) is 7.97. The molecule has 1 aliphatic carbocycles. The van der Waals surface area contributed by atoms with Crippen molar-refractivity contribution >= 4 is 17.7 Å². The van der Waals surface area contributed by atoms with E-state index in [1.165, 1.54) is 0 Å². The molecule has 31 heavy (non-hydrogen) atoms. The third-order valence-electron chi connectivity index (χ3n) is 5.63. The number of rotatable bonds is 9. The predicted molar refractivity (Wildman–Crippen MR) is 116 cm³/mol. The lowest BCUT2D eigenvalue weighted by atomic mass is 9.85. The van der Waals surface area contributed by atoms with Crippen molar-refractivity contribution in [2.75, 3.05) is 0 Å². The maximum Gasteiger partial charge on any atom is 0.240 e. The van der Waals surface area contributed by atoms with E-state index < -0.39 is 11.9 Å². The first-order valence-electron chi connectivity index (χ1n) is 10.7. The fourth-order valence-electron chi connectivity index (χ4n) is 3.86. The van der Waals surface area contributed by atoms with Crippen molar-refractivity contribution in [3.63, 3.8) is 0 Å². The maximum absolute atomic E-state index is 12.7. The number of hydrogen-bond donors (Lipinski definition) is 3. The van der Waals surface area contributed by atoms with Crippen molar-refractivity contribution in [2.24, 2.45) is 11.7 Å². The number of nitrogens with one attached hydrogen (secondary N) is 2. The monoisotopic (exact) mass is 423 g/mol. The molecule has 1 aromatic carbocycles. The van der Waals surface area contributed by atoms with Gasteiger partial charge in [0, 0.05) is 43.4 Å². The molecule has 1 saturated carbocycles. The van der Waals surface area contributed by atoms with E-state index in [2.05, 4.69) is 20.6 Å². The zero-order valence-electron chi connectivity index (χ0n) is 17.5. The molecule has 0 radical (unpaired) electrons. The Morgan fingerprint density at radius 2 is 1.81 bits per heavy atom. The minimum absolute atomic E-state index is 0.0183. The van der Waals surface area contributed by atoms with Crippen LogP contribution in [-0.2, 0) is 27.2 Å².